The average Bonchev–Trinajstić information content (AvgIpc) is 2.48. The summed E-state index contributed by atoms with van der Waals surface area (Å²) in [6, 6.07) is 13.1. The molecule has 1 unspecified atom stereocenters. The predicted octanol–water partition coefficient (Wildman–Crippen LogP) is 3.05. The first-order valence-corrected chi connectivity index (χ1v) is 7.59. The second-order valence-corrected chi connectivity index (χ2v) is 5.70. The Morgan fingerprint density at radius 2 is 2.00 bits per heavy atom. The summed E-state index contributed by atoms with van der Waals surface area (Å²) in [5.41, 5.74) is 8.58. The minimum absolute atomic E-state index is 0.182. The number of carbonyl (C=O) groups excluding carboxylic acids is 1. The Bertz CT molecular complexity index is 616. The molecule has 0 radical (unpaired) electrons. The Balaban J connectivity index is 1.90. The van der Waals surface area contributed by atoms with Gasteiger partial charge in [-0.15, -0.1) is 0 Å². The first kappa shape index (κ1) is 15.7. The molecule has 1 amide bonds. The van der Waals surface area contributed by atoms with Gasteiger partial charge in [-0.3, -0.25) is 4.79 Å². The van der Waals surface area contributed by atoms with E-state index >= 15 is 0 Å². The molecule has 0 spiro atoms. The molecule has 3 N–H and O–H groups in total. The van der Waals surface area contributed by atoms with Gasteiger partial charge in [0.1, 0.15) is 4.60 Å². The number of nitrogens with two attached hydrogens (primary N) is 1. The van der Waals surface area contributed by atoms with Gasteiger partial charge in [0.05, 0.1) is 17.4 Å². The number of nitrogens with zero attached hydrogens (tertiary/aromatic N) is 1. The molecule has 2 aromatic rings. The Hall–Kier alpha value is -1.72. The van der Waals surface area contributed by atoms with E-state index in [2.05, 4.69) is 26.2 Å². The highest BCUT2D eigenvalue weighted by molar-refractivity contribution is 9.10. The number of hydrogen-bond donors (Lipinski definition) is 2. The van der Waals surface area contributed by atoms with E-state index in [1.165, 1.54) is 5.56 Å². The van der Waals surface area contributed by atoms with Crippen LogP contribution in [0.2, 0.25) is 0 Å². The smallest absolute Gasteiger partial charge is 0.241 e. The number of rotatable bonds is 5. The van der Waals surface area contributed by atoms with E-state index in [0.29, 0.717) is 12.1 Å². The topological polar surface area (TPSA) is 68.0 Å². The van der Waals surface area contributed by atoms with Gasteiger partial charge in [0.2, 0.25) is 5.91 Å². The van der Waals surface area contributed by atoms with E-state index in [-0.39, 0.29) is 5.91 Å². The second kappa shape index (κ2) is 7.33. The molecular weight excluding hydrogens is 330 g/mol. The van der Waals surface area contributed by atoms with Gasteiger partial charge in [-0.2, -0.15) is 0 Å². The lowest BCUT2D eigenvalue weighted by atomic mass is 10.1. The zero-order chi connectivity index (χ0) is 15.2. The zero-order valence-electron chi connectivity index (χ0n) is 11.8. The van der Waals surface area contributed by atoms with Crippen LogP contribution >= 0.6 is 15.9 Å². The number of nitrogens with one attached hydrogen (secondary N) is 1. The molecule has 1 heterocycles. The maximum absolute atomic E-state index is 12.1. The van der Waals surface area contributed by atoms with Crippen molar-refractivity contribution in [3.63, 3.8) is 0 Å². The van der Waals surface area contributed by atoms with Gasteiger partial charge in [-0.25, -0.2) is 4.98 Å². The molecule has 110 valence electrons. The van der Waals surface area contributed by atoms with Crippen LogP contribution in [-0.4, -0.2) is 16.9 Å². The predicted molar refractivity (Wildman–Crippen MR) is 88.0 cm³/mol. The highest BCUT2D eigenvalue weighted by Crippen LogP contribution is 2.16. The van der Waals surface area contributed by atoms with Crippen molar-refractivity contribution in [2.75, 3.05) is 5.32 Å². The fraction of sp³-hybridized carbons (Fsp3) is 0.250. The molecule has 0 fully saturated rings. The molecular formula is C16H18BrN3O. The number of carbonyl (C=O) groups is 1. The Morgan fingerprint density at radius 3 is 2.67 bits per heavy atom. The van der Waals surface area contributed by atoms with E-state index < -0.39 is 6.04 Å². The van der Waals surface area contributed by atoms with Crippen LogP contribution in [0.4, 0.5) is 5.69 Å². The van der Waals surface area contributed by atoms with Crippen molar-refractivity contribution >= 4 is 27.5 Å². The molecule has 0 saturated heterocycles. The van der Waals surface area contributed by atoms with Gasteiger partial charge >= 0.3 is 0 Å². The van der Waals surface area contributed by atoms with Crippen LogP contribution in [0.3, 0.4) is 0 Å². The summed E-state index contributed by atoms with van der Waals surface area (Å²) in [5, 5.41) is 2.83. The van der Waals surface area contributed by atoms with Crippen LogP contribution in [0, 0.1) is 6.92 Å². The molecule has 0 bridgehead atoms. The maximum Gasteiger partial charge on any atom is 0.241 e. The molecule has 0 aliphatic carbocycles. The Labute approximate surface area is 132 Å². The standard InChI is InChI=1S/C16H18BrN3O/c1-11-14(9-10-15(17)19-11)20-16(21)13(18)8-7-12-5-3-2-4-6-12/h2-6,9-10,13H,7-8,18H2,1H3,(H,20,21). The quantitative estimate of drug-likeness (QED) is 0.816. The van der Waals surface area contributed by atoms with Crippen molar-refractivity contribution in [3.8, 4) is 0 Å². The molecule has 5 heteroatoms. The summed E-state index contributed by atoms with van der Waals surface area (Å²) in [4.78, 5) is 16.3. The second-order valence-electron chi connectivity index (χ2n) is 4.89. The van der Waals surface area contributed by atoms with Gasteiger partial charge in [-0.05, 0) is 53.4 Å². The lowest BCUT2D eigenvalue weighted by Crippen LogP contribution is -2.36. The molecule has 1 aromatic heterocycles. The summed E-state index contributed by atoms with van der Waals surface area (Å²) in [5.74, 6) is -0.182. The van der Waals surface area contributed by atoms with Crippen molar-refractivity contribution in [1.82, 2.24) is 4.98 Å². The summed E-state index contributed by atoms with van der Waals surface area (Å²) in [6.07, 6.45) is 1.39. The fourth-order valence-electron chi connectivity index (χ4n) is 1.99. The normalized spacial score (nSPS) is 12.0. The number of hydrogen-bond acceptors (Lipinski definition) is 3. The fourth-order valence-corrected chi connectivity index (χ4v) is 2.38. The number of anilines is 1. The third-order valence-corrected chi connectivity index (χ3v) is 3.67. The van der Waals surface area contributed by atoms with Crippen molar-refractivity contribution in [2.24, 2.45) is 5.73 Å². The molecule has 2 rings (SSSR count). The molecule has 1 atom stereocenters. The molecule has 0 saturated carbocycles. The van der Waals surface area contributed by atoms with Crippen molar-refractivity contribution < 1.29 is 4.79 Å². The van der Waals surface area contributed by atoms with E-state index in [0.717, 1.165) is 16.7 Å². The van der Waals surface area contributed by atoms with Gasteiger partial charge in [0.25, 0.3) is 0 Å². The van der Waals surface area contributed by atoms with Crippen molar-refractivity contribution in [3.05, 3.63) is 58.3 Å². The molecule has 0 aliphatic rings. The first-order chi connectivity index (χ1) is 10.1. The summed E-state index contributed by atoms with van der Waals surface area (Å²) in [6.45, 7) is 1.84. The number of pyridine rings is 1. The summed E-state index contributed by atoms with van der Waals surface area (Å²) in [7, 11) is 0. The zero-order valence-corrected chi connectivity index (χ0v) is 13.4. The highest BCUT2D eigenvalue weighted by Gasteiger charge is 2.14. The SMILES string of the molecule is Cc1nc(Br)ccc1NC(=O)C(N)CCc1ccccc1. The first-order valence-electron chi connectivity index (χ1n) is 6.80. The summed E-state index contributed by atoms with van der Waals surface area (Å²) >= 11 is 3.29. The maximum atomic E-state index is 12.1. The number of amides is 1. The van der Waals surface area contributed by atoms with Gasteiger partial charge in [-0.1, -0.05) is 30.3 Å². The average molecular weight is 348 g/mol. The van der Waals surface area contributed by atoms with E-state index in [1.54, 1.807) is 6.07 Å². The van der Waals surface area contributed by atoms with Crippen LogP contribution in [-0.2, 0) is 11.2 Å². The molecule has 1 aromatic carbocycles. The third kappa shape index (κ3) is 4.65. The van der Waals surface area contributed by atoms with Crippen LogP contribution < -0.4 is 11.1 Å². The largest absolute Gasteiger partial charge is 0.323 e. The highest BCUT2D eigenvalue weighted by atomic mass is 79.9. The molecule has 0 aliphatic heterocycles. The van der Waals surface area contributed by atoms with E-state index in [9.17, 15) is 4.79 Å². The molecule has 4 nitrogen and oxygen atoms in total. The van der Waals surface area contributed by atoms with Crippen LogP contribution in [0.25, 0.3) is 0 Å². The number of aryl methyl sites for hydroxylation is 2. The number of aromatic nitrogens is 1. The van der Waals surface area contributed by atoms with Crippen LogP contribution in [0.1, 0.15) is 17.7 Å². The van der Waals surface area contributed by atoms with Gasteiger partial charge in [0.15, 0.2) is 0 Å². The number of halogens is 1. The van der Waals surface area contributed by atoms with Crippen LogP contribution in [0.15, 0.2) is 47.1 Å². The Morgan fingerprint density at radius 1 is 1.29 bits per heavy atom. The van der Waals surface area contributed by atoms with Crippen molar-refractivity contribution in [2.45, 2.75) is 25.8 Å². The van der Waals surface area contributed by atoms with Crippen molar-refractivity contribution in [1.29, 1.82) is 0 Å². The van der Waals surface area contributed by atoms with E-state index in [1.807, 2.05) is 43.3 Å². The lowest BCUT2D eigenvalue weighted by Gasteiger charge is -2.13. The van der Waals surface area contributed by atoms with Crippen LogP contribution in [0.5, 0.6) is 0 Å². The lowest BCUT2D eigenvalue weighted by molar-refractivity contribution is -0.117. The molecule has 21 heavy (non-hydrogen) atoms. The van der Waals surface area contributed by atoms with E-state index in [4.69, 9.17) is 5.73 Å². The Kier molecular flexibility index (Phi) is 5.47. The monoisotopic (exact) mass is 347 g/mol. The minimum atomic E-state index is -0.534. The van der Waals surface area contributed by atoms with Gasteiger partial charge in [0, 0.05) is 0 Å². The minimum Gasteiger partial charge on any atom is -0.323 e. The summed E-state index contributed by atoms with van der Waals surface area (Å²) < 4.78 is 0.742. The third-order valence-electron chi connectivity index (χ3n) is 3.23. The van der Waals surface area contributed by atoms with Gasteiger partial charge < -0.3 is 11.1 Å². The number of benzene rings is 1.